The van der Waals surface area contributed by atoms with Crippen LogP contribution in [0.5, 0.6) is 5.75 Å². The molecule has 0 radical (unpaired) electrons. The molecule has 0 aliphatic carbocycles. The first-order valence-corrected chi connectivity index (χ1v) is 8.29. The van der Waals surface area contributed by atoms with Gasteiger partial charge in [-0.15, -0.1) is 0 Å². The normalized spacial score (nSPS) is 14.2. The van der Waals surface area contributed by atoms with E-state index in [2.05, 4.69) is 38.2 Å². The first kappa shape index (κ1) is 19.5. The molecule has 4 heteroatoms. The number of carbonyl (C=O) groups excluding carboxylic acids is 1. The van der Waals surface area contributed by atoms with E-state index in [1.54, 1.807) is 7.11 Å². The third-order valence-electron chi connectivity index (χ3n) is 4.00. The third-order valence-corrected chi connectivity index (χ3v) is 4.00. The summed E-state index contributed by atoms with van der Waals surface area (Å²) < 4.78 is 10.9. The molecule has 0 saturated heterocycles. The van der Waals surface area contributed by atoms with Crippen LogP contribution >= 0.6 is 0 Å². The van der Waals surface area contributed by atoms with Crippen molar-refractivity contribution in [1.29, 1.82) is 0 Å². The highest BCUT2D eigenvalue weighted by atomic mass is 16.5. The molecule has 0 unspecified atom stereocenters. The molecule has 0 aliphatic rings. The summed E-state index contributed by atoms with van der Waals surface area (Å²) in [5.74, 6) is 0.882. The summed E-state index contributed by atoms with van der Waals surface area (Å²) >= 11 is 0. The molecule has 1 rings (SSSR count). The predicted molar refractivity (Wildman–Crippen MR) is 93.9 cm³/mol. The molecule has 1 N–H and O–H groups in total. The lowest BCUT2D eigenvalue weighted by molar-refractivity contribution is -0.122. The van der Waals surface area contributed by atoms with Crippen LogP contribution in [0.15, 0.2) is 24.3 Å². The zero-order valence-electron chi connectivity index (χ0n) is 15.3. The van der Waals surface area contributed by atoms with E-state index in [0.29, 0.717) is 19.4 Å². The lowest BCUT2D eigenvalue weighted by Gasteiger charge is -2.20. The summed E-state index contributed by atoms with van der Waals surface area (Å²) in [5.41, 5.74) is 1.43. The number of hydrogen-bond acceptors (Lipinski definition) is 3. The molecule has 1 amide bonds. The Labute approximate surface area is 140 Å². The van der Waals surface area contributed by atoms with Gasteiger partial charge < -0.3 is 14.8 Å². The highest BCUT2D eigenvalue weighted by Gasteiger charge is 2.14. The Morgan fingerprint density at radius 3 is 2.30 bits per heavy atom. The van der Waals surface area contributed by atoms with E-state index >= 15 is 0 Å². The van der Waals surface area contributed by atoms with E-state index in [-0.39, 0.29) is 23.5 Å². The smallest absolute Gasteiger partial charge is 0.220 e. The van der Waals surface area contributed by atoms with Crippen molar-refractivity contribution in [3.63, 3.8) is 0 Å². The van der Waals surface area contributed by atoms with Crippen molar-refractivity contribution >= 4 is 5.91 Å². The second-order valence-electron chi connectivity index (χ2n) is 7.02. The fourth-order valence-corrected chi connectivity index (χ4v) is 2.12. The van der Waals surface area contributed by atoms with Crippen LogP contribution in [0, 0.1) is 0 Å². The molecule has 0 aromatic heterocycles. The van der Waals surface area contributed by atoms with Gasteiger partial charge in [0.15, 0.2) is 0 Å². The number of benzene rings is 1. The molecule has 0 bridgehead atoms. The van der Waals surface area contributed by atoms with Crippen molar-refractivity contribution in [2.45, 2.75) is 65.0 Å². The number of nitrogens with one attached hydrogen (secondary N) is 1. The number of methoxy groups -OCH3 is 1. The maximum absolute atomic E-state index is 11.8. The minimum absolute atomic E-state index is 0.0107. The van der Waals surface area contributed by atoms with Gasteiger partial charge in [-0.2, -0.15) is 0 Å². The van der Waals surface area contributed by atoms with E-state index in [1.807, 2.05) is 26.0 Å². The van der Waals surface area contributed by atoms with E-state index in [1.165, 1.54) is 5.56 Å². The zero-order valence-corrected chi connectivity index (χ0v) is 15.3. The number of rotatable bonds is 8. The Morgan fingerprint density at radius 1 is 1.17 bits per heavy atom. The van der Waals surface area contributed by atoms with E-state index in [0.717, 1.165) is 5.75 Å². The monoisotopic (exact) mass is 321 g/mol. The summed E-state index contributed by atoms with van der Waals surface area (Å²) in [6.07, 6.45) is 1.17. The first-order valence-electron chi connectivity index (χ1n) is 8.29. The Morgan fingerprint density at radius 2 is 1.78 bits per heavy atom. The van der Waals surface area contributed by atoms with Crippen LogP contribution in [0.2, 0.25) is 0 Å². The number of carbonyl (C=O) groups is 1. The van der Waals surface area contributed by atoms with Gasteiger partial charge in [0.25, 0.3) is 0 Å². The van der Waals surface area contributed by atoms with E-state index in [9.17, 15) is 4.79 Å². The zero-order chi connectivity index (χ0) is 17.5. The minimum Gasteiger partial charge on any atom is -0.494 e. The molecule has 4 nitrogen and oxygen atoms in total. The third kappa shape index (κ3) is 7.04. The summed E-state index contributed by atoms with van der Waals surface area (Å²) in [6.45, 7) is 11.0. The molecule has 2 atom stereocenters. The second kappa shape index (κ2) is 8.92. The van der Waals surface area contributed by atoms with Crippen molar-refractivity contribution in [2.75, 3.05) is 13.7 Å². The van der Waals surface area contributed by atoms with Crippen LogP contribution in [0.25, 0.3) is 0 Å². The van der Waals surface area contributed by atoms with Crippen LogP contribution in [0.1, 0.15) is 53.0 Å². The molecule has 130 valence electrons. The maximum atomic E-state index is 11.8. The molecule has 0 fully saturated rings. The Hall–Kier alpha value is -1.55. The van der Waals surface area contributed by atoms with Gasteiger partial charge in [-0.05, 0) is 43.4 Å². The van der Waals surface area contributed by atoms with Gasteiger partial charge in [0.05, 0.1) is 18.8 Å². The number of amides is 1. The fourth-order valence-electron chi connectivity index (χ4n) is 2.12. The summed E-state index contributed by atoms with van der Waals surface area (Å²) in [5, 5.41) is 2.93. The first-order chi connectivity index (χ1) is 10.7. The van der Waals surface area contributed by atoms with Crippen molar-refractivity contribution in [1.82, 2.24) is 5.32 Å². The molecule has 1 aromatic carbocycles. The van der Waals surface area contributed by atoms with Gasteiger partial charge >= 0.3 is 0 Å². The van der Waals surface area contributed by atoms with Crippen molar-refractivity contribution < 1.29 is 14.3 Å². The predicted octanol–water partition coefficient (Wildman–Crippen LogP) is 3.68. The number of ether oxygens (including phenoxy) is 2. The van der Waals surface area contributed by atoms with Gasteiger partial charge in [0.2, 0.25) is 5.91 Å². The highest BCUT2D eigenvalue weighted by Crippen LogP contribution is 2.24. The topological polar surface area (TPSA) is 47.6 Å². The molecule has 23 heavy (non-hydrogen) atoms. The lowest BCUT2D eigenvalue weighted by Crippen LogP contribution is -2.40. The van der Waals surface area contributed by atoms with E-state index < -0.39 is 0 Å². The molecule has 0 heterocycles. The van der Waals surface area contributed by atoms with Crippen molar-refractivity contribution in [2.24, 2.45) is 0 Å². The lowest BCUT2D eigenvalue weighted by atomic mass is 9.87. The molecule has 0 spiro atoms. The van der Waals surface area contributed by atoms with Gasteiger partial charge in [0, 0.05) is 13.5 Å². The summed E-state index contributed by atoms with van der Waals surface area (Å²) in [4.78, 5) is 11.8. The SMILES string of the molecule is CO[C@H](C)[C@H](C)NC(=O)CCCOc1ccc(C(C)(C)C)cc1. The Balaban J connectivity index is 2.28. The van der Waals surface area contributed by atoms with Crippen LogP contribution in [0.3, 0.4) is 0 Å². The van der Waals surface area contributed by atoms with Crippen LogP contribution < -0.4 is 10.1 Å². The Bertz CT molecular complexity index is 476. The molecule has 0 aliphatic heterocycles. The molecule has 0 saturated carbocycles. The molecular weight excluding hydrogens is 290 g/mol. The van der Waals surface area contributed by atoms with Gasteiger partial charge in [-0.3, -0.25) is 4.79 Å². The molecule has 1 aromatic rings. The van der Waals surface area contributed by atoms with Gasteiger partial charge in [-0.25, -0.2) is 0 Å². The van der Waals surface area contributed by atoms with Crippen molar-refractivity contribution in [3.8, 4) is 5.75 Å². The summed E-state index contributed by atoms with van der Waals surface area (Å²) in [7, 11) is 1.64. The quantitative estimate of drug-likeness (QED) is 0.743. The Kier molecular flexibility index (Phi) is 7.56. The van der Waals surface area contributed by atoms with Gasteiger partial charge in [0.1, 0.15) is 5.75 Å². The van der Waals surface area contributed by atoms with Crippen LogP contribution in [-0.4, -0.2) is 31.8 Å². The van der Waals surface area contributed by atoms with E-state index in [4.69, 9.17) is 9.47 Å². The minimum atomic E-state index is 0.0107. The average Bonchev–Trinajstić information content (AvgIpc) is 2.50. The average molecular weight is 321 g/mol. The highest BCUT2D eigenvalue weighted by molar-refractivity contribution is 5.76. The standard InChI is InChI=1S/C19H31NO3/c1-14(15(2)22-6)20-18(21)8-7-13-23-17-11-9-16(10-12-17)19(3,4)5/h9-12,14-15H,7-8,13H2,1-6H3,(H,20,21)/t14-,15+/m0/s1. The summed E-state index contributed by atoms with van der Waals surface area (Å²) in [6, 6.07) is 8.18. The largest absolute Gasteiger partial charge is 0.494 e. The van der Waals surface area contributed by atoms with Crippen LogP contribution in [-0.2, 0) is 14.9 Å². The van der Waals surface area contributed by atoms with Gasteiger partial charge in [-0.1, -0.05) is 32.9 Å². The fraction of sp³-hybridized carbons (Fsp3) is 0.632. The second-order valence-corrected chi connectivity index (χ2v) is 7.02. The van der Waals surface area contributed by atoms with Crippen LogP contribution in [0.4, 0.5) is 0 Å². The number of hydrogen-bond donors (Lipinski definition) is 1. The molecular formula is C19H31NO3. The van der Waals surface area contributed by atoms with Crippen molar-refractivity contribution in [3.05, 3.63) is 29.8 Å². The maximum Gasteiger partial charge on any atom is 0.220 e.